The normalized spacial score (nSPS) is 18.5. The maximum atomic E-state index is 5.60. The first kappa shape index (κ1) is 12.6. The molecule has 0 radical (unpaired) electrons. The van der Waals surface area contributed by atoms with Crippen molar-refractivity contribution in [2.24, 2.45) is 11.7 Å². The number of hydrogen-bond acceptors (Lipinski definition) is 2. The standard InChI is InChI=1S/C15H24N2/c1-13-6-9-17(10-7-13)11-8-14-2-4-15(12-16)5-3-14/h2-5,13H,6-12,16H2,1H3. The van der Waals surface area contributed by atoms with E-state index >= 15 is 0 Å². The van der Waals surface area contributed by atoms with E-state index < -0.39 is 0 Å². The van der Waals surface area contributed by atoms with Crippen LogP contribution in [0.2, 0.25) is 0 Å². The van der Waals surface area contributed by atoms with Crippen LogP contribution in [0.4, 0.5) is 0 Å². The fraction of sp³-hybridized carbons (Fsp3) is 0.600. The highest BCUT2D eigenvalue weighted by Crippen LogP contribution is 2.16. The van der Waals surface area contributed by atoms with Gasteiger partial charge in [0.05, 0.1) is 0 Å². The van der Waals surface area contributed by atoms with Gasteiger partial charge in [-0.15, -0.1) is 0 Å². The lowest BCUT2D eigenvalue weighted by Gasteiger charge is -2.30. The predicted octanol–water partition coefficient (Wildman–Crippen LogP) is 2.42. The smallest absolute Gasteiger partial charge is 0.0178 e. The molecule has 1 heterocycles. The van der Waals surface area contributed by atoms with Crippen LogP contribution in [0.15, 0.2) is 24.3 Å². The van der Waals surface area contributed by atoms with Crippen molar-refractivity contribution in [3.05, 3.63) is 35.4 Å². The van der Waals surface area contributed by atoms with Gasteiger partial charge in [0.1, 0.15) is 0 Å². The molecule has 1 saturated heterocycles. The zero-order valence-corrected chi connectivity index (χ0v) is 10.9. The Bertz CT molecular complexity index is 323. The van der Waals surface area contributed by atoms with E-state index in [-0.39, 0.29) is 0 Å². The summed E-state index contributed by atoms with van der Waals surface area (Å²) >= 11 is 0. The first-order valence-electron chi connectivity index (χ1n) is 6.78. The minimum Gasteiger partial charge on any atom is -0.326 e. The summed E-state index contributed by atoms with van der Waals surface area (Å²) in [5.41, 5.74) is 8.25. The average Bonchev–Trinajstić information content (AvgIpc) is 2.39. The minimum absolute atomic E-state index is 0.643. The summed E-state index contributed by atoms with van der Waals surface area (Å²) in [5, 5.41) is 0. The van der Waals surface area contributed by atoms with Crippen molar-refractivity contribution in [1.82, 2.24) is 4.90 Å². The van der Waals surface area contributed by atoms with Gasteiger partial charge in [0.25, 0.3) is 0 Å². The molecule has 0 aromatic heterocycles. The van der Waals surface area contributed by atoms with Gasteiger partial charge in [-0.25, -0.2) is 0 Å². The highest BCUT2D eigenvalue weighted by molar-refractivity contribution is 5.22. The molecule has 0 unspecified atom stereocenters. The maximum absolute atomic E-state index is 5.60. The van der Waals surface area contributed by atoms with Crippen LogP contribution in [0.1, 0.15) is 30.9 Å². The van der Waals surface area contributed by atoms with Gasteiger partial charge in [-0.05, 0) is 49.4 Å². The molecule has 0 atom stereocenters. The summed E-state index contributed by atoms with van der Waals surface area (Å²) in [6.07, 6.45) is 3.90. The highest BCUT2D eigenvalue weighted by atomic mass is 15.1. The average molecular weight is 232 g/mol. The molecule has 2 heteroatoms. The number of hydrogen-bond donors (Lipinski definition) is 1. The summed E-state index contributed by atoms with van der Waals surface area (Å²) in [4.78, 5) is 2.59. The summed E-state index contributed by atoms with van der Waals surface area (Å²) in [6, 6.07) is 8.73. The van der Waals surface area contributed by atoms with E-state index in [0.717, 1.165) is 5.92 Å². The van der Waals surface area contributed by atoms with Gasteiger partial charge in [-0.2, -0.15) is 0 Å². The molecule has 1 aromatic carbocycles. The fourth-order valence-corrected chi connectivity index (χ4v) is 2.41. The third-order valence-electron chi connectivity index (χ3n) is 3.85. The van der Waals surface area contributed by atoms with Gasteiger partial charge in [0.2, 0.25) is 0 Å². The van der Waals surface area contributed by atoms with Gasteiger partial charge in [0.15, 0.2) is 0 Å². The zero-order valence-electron chi connectivity index (χ0n) is 10.9. The predicted molar refractivity (Wildman–Crippen MR) is 72.9 cm³/mol. The molecule has 0 saturated carbocycles. The molecule has 0 aliphatic carbocycles. The zero-order chi connectivity index (χ0) is 12.1. The molecular formula is C15H24N2. The number of piperidine rings is 1. The van der Waals surface area contributed by atoms with Crippen molar-refractivity contribution in [1.29, 1.82) is 0 Å². The Kier molecular flexibility index (Phi) is 4.57. The van der Waals surface area contributed by atoms with Crippen LogP contribution >= 0.6 is 0 Å². The van der Waals surface area contributed by atoms with Crippen LogP contribution in [0, 0.1) is 5.92 Å². The Hall–Kier alpha value is -0.860. The summed E-state index contributed by atoms with van der Waals surface area (Å²) < 4.78 is 0. The molecule has 0 spiro atoms. The molecule has 0 amide bonds. The lowest BCUT2D eigenvalue weighted by atomic mass is 9.99. The van der Waals surface area contributed by atoms with E-state index in [1.807, 2.05) is 0 Å². The third-order valence-corrected chi connectivity index (χ3v) is 3.85. The summed E-state index contributed by atoms with van der Waals surface area (Å²) in [6.45, 7) is 6.77. The Morgan fingerprint density at radius 2 is 1.71 bits per heavy atom. The lowest BCUT2D eigenvalue weighted by molar-refractivity contribution is 0.194. The number of nitrogens with zero attached hydrogens (tertiary/aromatic N) is 1. The third kappa shape index (κ3) is 3.83. The van der Waals surface area contributed by atoms with Gasteiger partial charge in [0, 0.05) is 13.1 Å². The molecule has 1 fully saturated rings. The van der Waals surface area contributed by atoms with Crippen LogP contribution in [0.25, 0.3) is 0 Å². The molecular weight excluding hydrogens is 208 g/mol. The van der Waals surface area contributed by atoms with Gasteiger partial charge in [-0.3, -0.25) is 0 Å². The van der Waals surface area contributed by atoms with E-state index in [1.54, 1.807) is 0 Å². The van der Waals surface area contributed by atoms with E-state index in [0.29, 0.717) is 6.54 Å². The molecule has 1 aliphatic rings. The number of likely N-dealkylation sites (tertiary alicyclic amines) is 1. The van der Waals surface area contributed by atoms with E-state index in [2.05, 4.69) is 36.1 Å². The SMILES string of the molecule is CC1CCN(CCc2ccc(CN)cc2)CC1. The largest absolute Gasteiger partial charge is 0.326 e. The minimum atomic E-state index is 0.643. The fourth-order valence-electron chi connectivity index (χ4n) is 2.41. The molecule has 0 bridgehead atoms. The molecule has 2 N–H and O–H groups in total. The second kappa shape index (κ2) is 6.18. The van der Waals surface area contributed by atoms with Gasteiger partial charge < -0.3 is 10.6 Å². The first-order valence-corrected chi connectivity index (χ1v) is 6.78. The van der Waals surface area contributed by atoms with Crippen molar-refractivity contribution in [2.45, 2.75) is 32.7 Å². The lowest BCUT2D eigenvalue weighted by Crippen LogP contribution is -2.34. The summed E-state index contributed by atoms with van der Waals surface area (Å²) in [7, 11) is 0. The number of nitrogens with two attached hydrogens (primary N) is 1. The van der Waals surface area contributed by atoms with Crippen LogP contribution in [0.5, 0.6) is 0 Å². The summed E-state index contributed by atoms with van der Waals surface area (Å²) in [5.74, 6) is 0.926. The van der Waals surface area contributed by atoms with Crippen molar-refractivity contribution in [2.75, 3.05) is 19.6 Å². The monoisotopic (exact) mass is 232 g/mol. The second-order valence-electron chi connectivity index (χ2n) is 5.29. The topological polar surface area (TPSA) is 29.3 Å². The Labute approximate surface area is 105 Å². The highest BCUT2D eigenvalue weighted by Gasteiger charge is 2.14. The molecule has 17 heavy (non-hydrogen) atoms. The van der Waals surface area contributed by atoms with Crippen molar-refractivity contribution in [3.63, 3.8) is 0 Å². The molecule has 1 aromatic rings. The number of rotatable bonds is 4. The Morgan fingerprint density at radius 1 is 1.12 bits per heavy atom. The Morgan fingerprint density at radius 3 is 2.29 bits per heavy atom. The molecule has 94 valence electrons. The van der Waals surface area contributed by atoms with Gasteiger partial charge >= 0.3 is 0 Å². The van der Waals surface area contributed by atoms with E-state index in [1.165, 1.54) is 50.0 Å². The second-order valence-corrected chi connectivity index (χ2v) is 5.29. The van der Waals surface area contributed by atoms with Crippen molar-refractivity contribution >= 4 is 0 Å². The van der Waals surface area contributed by atoms with Gasteiger partial charge in [-0.1, -0.05) is 31.2 Å². The maximum Gasteiger partial charge on any atom is 0.0178 e. The van der Waals surface area contributed by atoms with Crippen LogP contribution in [0.3, 0.4) is 0 Å². The Balaban J connectivity index is 1.77. The quantitative estimate of drug-likeness (QED) is 0.864. The van der Waals surface area contributed by atoms with Crippen molar-refractivity contribution in [3.8, 4) is 0 Å². The molecule has 1 aliphatic heterocycles. The van der Waals surface area contributed by atoms with Crippen LogP contribution in [-0.2, 0) is 13.0 Å². The van der Waals surface area contributed by atoms with Crippen molar-refractivity contribution < 1.29 is 0 Å². The van der Waals surface area contributed by atoms with E-state index in [9.17, 15) is 0 Å². The van der Waals surface area contributed by atoms with E-state index in [4.69, 9.17) is 5.73 Å². The number of benzene rings is 1. The molecule has 2 nitrogen and oxygen atoms in total. The van der Waals surface area contributed by atoms with Crippen LogP contribution < -0.4 is 5.73 Å². The molecule has 2 rings (SSSR count). The first-order chi connectivity index (χ1) is 8.28. The van der Waals surface area contributed by atoms with Crippen LogP contribution in [-0.4, -0.2) is 24.5 Å².